The van der Waals surface area contributed by atoms with Gasteiger partial charge >= 0.3 is 0 Å². The van der Waals surface area contributed by atoms with Crippen LogP contribution in [0.2, 0.25) is 0 Å². The second-order valence-electron chi connectivity index (χ2n) is 10.2. The van der Waals surface area contributed by atoms with E-state index >= 15 is 0 Å². The number of benzene rings is 1. The van der Waals surface area contributed by atoms with Crippen LogP contribution in [0.4, 0.5) is 11.5 Å². The predicted octanol–water partition coefficient (Wildman–Crippen LogP) is 3.84. The molecular formula is C26H35N5O2S. The van der Waals surface area contributed by atoms with E-state index in [1.165, 1.54) is 37.1 Å². The first-order valence-corrected chi connectivity index (χ1v) is 14.5. The molecule has 0 amide bonds. The lowest BCUT2D eigenvalue weighted by atomic mass is 9.88. The van der Waals surface area contributed by atoms with Crippen molar-refractivity contribution in [3.8, 4) is 5.75 Å². The van der Waals surface area contributed by atoms with Crippen molar-refractivity contribution >= 4 is 21.2 Å². The van der Waals surface area contributed by atoms with Crippen LogP contribution in [-0.2, 0) is 16.3 Å². The summed E-state index contributed by atoms with van der Waals surface area (Å²) < 4.78 is 23.1. The molecule has 7 nitrogen and oxygen atoms in total. The van der Waals surface area contributed by atoms with Gasteiger partial charge in [0.1, 0.15) is 18.2 Å². The highest BCUT2D eigenvalue weighted by Crippen LogP contribution is 2.41. The third kappa shape index (κ3) is 4.20. The average molecular weight is 482 g/mol. The molecule has 1 aromatic heterocycles. The van der Waals surface area contributed by atoms with Crippen molar-refractivity contribution in [1.82, 2.24) is 15.2 Å². The van der Waals surface area contributed by atoms with Gasteiger partial charge in [-0.15, -0.1) is 0 Å². The maximum atomic E-state index is 12.7. The highest BCUT2D eigenvalue weighted by Gasteiger charge is 2.30. The molecule has 0 unspecified atom stereocenters. The van der Waals surface area contributed by atoms with E-state index < -0.39 is 9.73 Å². The Balaban J connectivity index is 1.20. The Hall–Kier alpha value is -2.16. The zero-order chi connectivity index (χ0) is 23.1. The van der Waals surface area contributed by atoms with E-state index in [0.29, 0.717) is 29.9 Å². The van der Waals surface area contributed by atoms with Gasteiger partial charge in [-0.3, -0.25) is 4.90 Å². The standard InChI is InChI=1S/C26H35N5O2S/c1-27-34(32)12-7-19(8-13-34)22-4-9-29-26-23(22)17-33-25-3-2-20(14-24(25)30-26)18-5-10-31(11-6-18)21-15-28-16-21/h2-4,9,14,18-19,21,28H,5-8,10-13,15-17H2,1H3,(H,29,30). The quantitative estimate of drug-likeness (QED) is 0.694. The SMILES string of the molecule is CN=S1(=O)CCC(c2ccnc3c2COc2ccc(C4CCN(C5CNC5)CC4)cc2N3)CC1. The number of nitrogens with zero attached hydrogens (tertiary/aromatic N) is 3. The highest BCUT2D eigenvalue weighted by molar-refractivity contribution is 7.93. The lowest BCUT2D eigenvalue weighted by Gasteiger charge is -2.42. The number of fused-ring (bicyclic) bond motifs is 2. The smallest absolute Gasteiger partial charge is 0.143 e. The molecule has 3 saturated heterocycles. The van der Waals surface area contributed by atoms with E-state index in [0.717, 1.165) is 54.8 Å². The molecule has 3 fully saturated rings. The first kappa shape index (κ1) is 22.3. The Bertz CT molecular complexity index is 1170. The molecule has 2 aromatic rings. The molecule has 8 heteroatoms. The van der Waals surface area contributed by atoms with Crippen LogP contribution >= 0.6 is 0 Å². The highest BCUT2D eigenvalue weighted by atomic mass is 32.2. The summed E-state index contributed by atoms with van der Waals surface area (Å²) in [6, 6.07) is 9.53. The topological polar surface area (TPSA) is 78.8 Å². The molecule has 2 N–H and O–H groups in total. The van der Waals surface area contributed by atoms with Crippen LogP contribution in [0.15, 0.2) is 34.8 Å². The molecule has 5 heterocycles. The number of hydrogen-bond acceptors (Lipinski definition) is 7. The second kappa shape index (κ2) is 9.13. The molecular weight excluding hydrogens is 446 g/mol. The van der Waals surface area contributed by atoms with Crippen molar-refractivity contribution in [3.63, 3.8) is 0 Å². The maximum absolute atomic E-state index is 12.7. The van der Waals surface area contributed by atoms with Crippen molar-refractivity contribution in [2.24, 2.45) is 4.36 Å². The molecule has 4 aliphatic heterocycles. The number of nitrogens with one attached hydrogen (secondary N) is 2. The summed E-state index contributed by atoms with van der Waals surface area (Å²) in [5.74, 6) is 4.12. The molecule has 1 aromatic carbocycles. The Labute approximate surface area is 202 Å². The maximum Gasteiger partial charge on any atom is 0.143 e. The summed E-state index contributed by atoms with van der Waals surface area (Å²) in [6.45, 7) is 5.17. The fourth-order valence-electron chi connectivity index (χ4n) is 5.97. The van der Waals surface area contributed by atoms with E-state index in [1.807, 2.05) is 6.20 Å². The minimum atomic E-state index is -2.01. The van der Waals surface area contributed by atoms with Crippen LogP contribution in [0, 0.1) is 0 Å². The molecule has 0 aliphatic carbocycles. The molecule has 0 radical (unpaired) electrons. The average Bonchev–Trinajstić information content (AvgIpc) is 3.03. The third-order valence-corrected chi connectivity index (χ3v) is 10.8. The fourth-order valence-corrected chi connectivity index (χ4v) is 7.85. The number of likely N-dealkylation sites (tertiary alicyclic amines) is 1. The van der Waals surface area contributed by atoms with Gasteiger partial charge in [0.05, 0.1) is 5.69 Å². The van der Waals surface area contributed by atoms with Crippen LogP contribution in [0.3, 0.4) is 0 Å². The fraction of sp³-hybridized carbons (Fsp3) is 0.577. The van der Waals surface area contributed by atoms with Gasteiger partial charge in [0.15, 0.2) is 0 Å². The van der Waals surface area contributed by atoms with Crippen molar-refractivity contribution in [2.75, 3.05) is 50.0 Å². The van der Waals surface area contributed by atoms with Gasteiger partial charge in [-0.25, -0.2) is 13.6 Å². The number of piperidine rings is 1. The van der Waals surface area contributed by atoms with Gasteiger partial charge in [-0.2, -0.15) is 0 Å². The predicted molar refractivity (Wildman–Crippen MR) is 137 cm³/mol. The number of rotatable bonds is 3. The molecule has 34 heavy (non-hydrogen) atoms. The lowest BCUT2D eigenvalue weighted by molar-refractivity contribution is 0.113. The van der Waals surface area contributed by atoms with E-state index in [2.05, 4.69) is 49.1 Å². The largest absolute Gasteiger partial charge is 0.487 e. The summed E-state index contributed by atoms with van der Waals surface area (Å²) >= 11 is 0. The van der Waals surface area contributed by atoms with E-state index in [4.69, 9.17) is 4.74 Å². The molecule has 4 aliphatic rings. The van der Waals surface area contributed by atoms with Crippen LogP contribution < -0.4 is 15.4 Å². The number of pyridine rings is 1. The van der Waals surface area contributed by atoms with Crippen molar-refractivity contribution in [3.05, 3.63) is 47.2 Å². The Morgan fingerprint density at radius 2 is 1.88 bits per heavy atom. The molecule has 0 bridgehead atoms. The second-order valence-corrected chi connectivity index (χ2v) is 12.9. The normalized spacial score (nSPS) is 28.0. The van der Waals surface area contributed by atoms with Crippen LogP contribution in [0.5, 0.6) is 5.75 Å². The number of ether oxygens (including phenoxy) is 1. The van der Waals surface area contributed by atoms with Gasteiger partial charge in [0.2, 0.25) is 0 Å². The van der Waals surface area contributed by atoms with Gasteiger partial charge in [0.25, 0.3) is 0 Å². The summed E-state index contributed by atoms with van der Waals surface area (Å²) in [4.78, 5) is 7.34. The number of anilines is 2. The van der Waals surface area contributed by atoms with Crippen LogP contribution in [0.1, 0.15) is 54.2 Å². The minimum Gasteiger partial charge on any atom is -0.487 e. The zero-order valence-corrected chi connectivity index (χ0v) is 20.8. The number of aromatic nitrogens is 1. The zero-order valence-electron chi connectivity index (χ0n) is 20.0. The monoisotopic (exact) mass is 481 g/mol. The van der Waals surface area contributed by atoms with Crippen LogP contribution in [0.25, 0.3) is 0 Å². The van der Waals surface area contributed by atoms with Crippen molar-refractivity contribution in [2.45, 2.75) is 50.2 Å². The minimum absolute atomic E-state index is 0.381. The molecule has 182 valence electrons. The van der Waals surface area contributed by atoms with E-state index in [-0.39, 0.29) is 0 Å². The molecule has 0 spiro atoms. The Morgan fingerprint density at radius 1 is 1.09 bits per heavy atom. The van der Waals surface area contributed by atoms with Gasteiger partial charge < -0.3 is 15.4 Å². The summed E-state index contributed by atoms with van der Waals surface area (Å²) in [5.41, 5.74) is 4.82. The first-order chi connectivity index (χ1) is 16.6. The van der Waals surface area contributed by atoms with Gasteiger partial charge in [-0.05, 0) is 79.9 Å². The third-order valence-electron chi connectivity index (χ3n) is 8.34. The Kier molecular flexibility index (Phi) is 5.99. The van der Waals surface area contributed by atoms with Crippen molar-refractivity contribution < 1.29 is 8.95 Å². The summed E-state index contributed by atoms with van der Waals surface area (Å²) in [6.07, 6.45) is 6.13. The van der Waals surface area contributed by atoms with Crippen molar-refractivity contribution in [1.29, 1.82) is 0 Å². The summed E-state index contributed by atoms with van der Waals surface area (Å²) in [7, 11) is -0.313. The van der Waals surface area contributed by atoms with Gasteiger partial charge in [0, 0.05) is 59.2 Å². The number of hydrogen-bond donors (Lipinski definition) is 2. The summed E-state index contributed by atoms with van der Waals surface area (Å²) in [5, 5.41) is 7.00. The molecule has 0 saturated carbocycles. The van der Waals surface area contributed by atoms with E-state index in [9.17, 15) is 4.21 Å². The lowest BCUT2D eigenvalue weighted by Crippen LogP contribution is -2.58. The molecule has 0 atom stereocenters. The Morgan fingerprint density at radius 3 is 2.59 bits per heavy atom. The molecule has 6 rings (SSSR count). The van der Waals surface area contributed by atoms with Gasteiger partial charge in [-0.1, -0.05) is 6.07 Å². The van der Waals surface area contributed by atoms with E-state index in [1.54, 1.807) is 7.05 Å². The first-order valence-electron chi connectivity index (χ1n) is 12.7. The van der Waals surface area contributed by atoms with Crippen LogP contribution in [-0.4, -0.2) is 64.9 Å².